The van der Waals surface area contributed by atoms with Gasteiger partial charge < -0.3 is 5.32 Å². The maximum absolute atomic E-state index is 11.6. The second kappa shape index (κ2) is 6.55. The van der Waals surface area contributed by atoms with Gasteiger partial charge in [-0.1, -0.05) is 13.8 Å². The Bertz CT molecular complexity index is 173. The van der Waals surface area contributed by atoms with Gasteiger partial charge in [-0.2, -0.15) is 0 Å². The molecule has 0 atom stereocenters. The summed E-state index contributed by atoms with van der Waals surface area (Å²) in [7, 11) is 0. The number of hydrogen-bond acceptors (Lipinski definition) is 2. The molecule has 6 heteroatoms. The fourth-order valence-electron chi connectivity index (χ4n) is 1.01. The van der Waals surface area contributed by atoms with Crippen LogP contribution >= 0.6 is 11.6 Å². The van der Waals surface area contributed by atoms with E-state index in [9.17, 15) is 13.2 Å². The molecule has 15 heavy (non-hydrogen) atoms. The fraction of sp³-hybridized carbons (Fsp3) is 1.00. The predicted octanol–water partition coefficient (Wildman–Crippen LogP) is 2.77. The van der Waals surface area contributed by atoms with Crippen molar-refractivity contribution in [3.05, 3.63) is 0 Å². The van der Waals surface area contributed by atoms with Crippen LogP contribution in [0.15, 0.2) is 0 Å². The summed E-state index contributed by atoms with van der Waals surface area (Å²) in [4.78, 5) is 0. The average Bonchev–Trinajstić information content (AvgIpc) is 2.00. The van der Waals surface area contributed by atoms with Crippen LogP contribution in [0.2, 0.25) is 0 Å². The van der Waals surface area contributed by atoms with E-state index in [0.29, 0.717) is 12.4 Å². The molecule has 0 radical (unpaired) electrons. The van der Waals surface area contributed by atoms with Crippen molar-refractivity contribution in [2.75, 3.05) is 25.6 Å². The van der Waals surface area contributed by atoms with Gasteiger partial charge in [-0.15, -0.1) is 24.8 Å². The van der Waals surface area contributed by atoms with E-state index in [2.05, 4.69) is 10.1 Å². The van der Waals surface area contributed by atoms with E-state index < -0.39 is 6.36 Å². The Morgan fingerprint density at radius 2 is 1.87 bits per heavy atom. The maximum Gasteiger partial charge on any atom is 0.522 e. The molecule has 0 aromatic heterocycles. The summed E-state index contributed by atoms with van der Waals surface area (Å²) in [5.74, 6) is 0.549. The largest absolute Gasteiger partial charge is 0.522 e. The van der Waals surface area contributed by atoms with Crippen LogP contribution in [0.25, 0.3) is 0 Å². The van der Waals surface area contributed by atoms with Gasteiger partial charge in [0.1, 0.15) is 0 Å². The van der Waals surface area contributed by atoms with Crippen molar-refractivity contribution in [3.8, 4) is 0 Å². The minimum absolute atomic E-state index is 0.0000174. The molecular formula is C9H17ClF3NO. The lowest BCUT2D eigenvalue weighted by Gasteiger charge is -2.23. The van der Waals surface area contributed by atoms with Crippen LogP contribution in [-0.4, -0.2) is 31.9 Å². The lowest BCUT2D eigenvalue weighted by molar-refractivity contribution is -0.323. The first-order valence-corrected chi connectivity index (χ1v) is 5.28. The summed E-state index contributed by atoms with van der Waals surface area (Å²) in [6.07, 6.45) is -3.71. The minimum atomic E-state index is -4.53. The van der Waals surface area contributed by atoms with Crippen LogP contribution in [0.5, 0.6) is 0 Å². The fourth-order valence-corrected chi connectivity index (χ4v) is 1.52. The molecule has 0 rings (SSSR count). The van der Waals surface area contributed by atoms with Crippen molar-refractivity contribution in [1.29, 1.82) is 0 Å². The number of halogens is 4. The number of hydrogen-bond donors (Lipinski definition) is 1. The topological polar surface area (TPSA) is 21.3 Å². The highest BCUT2D eigenvalue weighted by Crippen LogP contribution is 2.19. The summed E-state index contributed by atoms with van der Waals surface area (Å²) in [6, 6.07) is 0. The first-order chi connectivity index (χ1) is 6.77. The summed E-state index contributed by atoms with van der Waals surface area (Å²) < 4.78 is 38.3. The summed E-state index contributed by atoms with van der Waals surface area (Å²) in [5, 5.41) is 2.90. The highest BCUT2D eigenvalue weighted by atomic mass is 35.5. The van der Waals surface area contributed by atoms with Crippen molar-refractivity contribution in [1.82, 2.24) is 5.32 Å². The molecule has 0 aromatic rings. The van der Waals surface area contributed by atoms with Crippen LogP contribution in [0, 0.1) is 5.41 Å². The zero-order valence-electron chi connectivity index (χ0n) is 8.96. The van der Waals surface area contributed by atoms with Gasteiger partial charge in [0.25, 0.3) is 0 Å². The average molecular weight is 248 g/mol. The molecule has 92 valence electrons. The predicted molar refractivity (Wildman–Crippen MR) is 54.0 cm³/mol. The second-order valence-electron chi connectivity index (χ2n) is 4.07. The number of rotatable bonds is 7. The van der Waals surface area contributed by atoms with Crippen molar-refractivity contribution < 1.29 is 17.9 Å². The molecule has 0 saturated carbocycles. The van der Waals surface area contributed by atoms with Gasteiger partial charge in [0, 0.05) is 19.0 Å². The molecule has 0 bridgehead atoms. The summed E-state index contributed by atoms with van der Waals surface area (Å²) in [6.45, 7) is 4.46. The first-order valence-electron chi connectivity index (χ1n) is 4.74. The SMILES string of the molecule is CC(C)(CCCl)CNCCOC(F)(F)F. The molecule has 0 aliphatic rings. The molecule has 2 nitrogen and oxygen atoms in total. The Morgan fingerprint density at radius 3 is 2.33 bits per heavy atom. The van der Waals surface area contributed by atoms with Crippen LogP contribution in [-0.2, 0) is 4.74 Å². The molecule has 0 amide bonds. The van der Waals surface area contributed by atoms with Crippen molar-refractivity contribution in [2.24, 2.45) is 5.41 Å². The number of alkyl halides is 4. The van der Waals surface area contributed by atoms with Crippen molar-refractivity contribution in [3.63, 3.8) is 0 Å². The number of nitrogens with one attached hydrogen (secondary N) is 1. The van der Waals surface area contributed by atoms with Gasteiger partial charge in [-0.3, -0.25) is 4.74 Å². The lowest BCUT2D eigenvalue weighted by Crippen LogP contribution is -2.33. The highest BCUT2D eigenvalue weighted by molar-refractivity contribution is 6.17. The van der Waals surface area contributed by atoms with E-state index in [-0.39, 0.29) is 18.6 Å². The normalized spacial score (nSPS) is 13.2. The van der Waals surface area contributed by atoms with Gasteiger partial charge in [-0.25, -0.2) is 0 Å². The van der Waals surface area contributed by atoms with Crippen LogP contribution < -0.4 is 5.32 Å². The standard InChI is InChI=1S/C9H17ClF3NO/c1-8(2,3-4-10)7-14-5-6-15-9(11,12)13/h14H,3-7H2,1-2H3. The van der Waals surface area contributed by atoms with Gasteiger partial charge in [0.05, 0.1) is 6.61 Å². The zero-order chi connectivity index (χ0) is 11.9. The molecule has 0 heterocycles. The van der Waals surface area contributed by atoms with Gasteiger partial charge in [0.2, 0.25) is 0 Å². The van der Waals surface area contributed by atoms with Crippen LogP contribution in [0.1, 0.15) is 20.3 Å². The van der Waals surface area contributed by atoms with Crippen LogP contribution in [0.3, 0.4) is 0 Å². The zero-order valence-corrected chi connectivity index (χ0v) is 9.71. The van der Waals surface area contributed by atoms with E-state index in [4.69, 9.17) is 11.6 Å². The van der Waals surface area contributed by atoms with E-state index in [0.717, 1.165) is 6.42 Å². The number of ether oxygens (including phenoxy) is 1. The molecule has 0 aliphatic carbocycles. The molecule has 0 spiro atoms. The van der Waals surface area contributed by atoms with Crippen molar-refractivity contribution >= 4 is 11.6 Å². The smallest absolute Gasteiger partial charge is 0.314 e. The van der Waals surface area contributed by atoms with Crippen LogP contribution in [0.4, 0.5) is 13.2 Å². The maximum atomic E-state index is 11.6. The third kappa shape index (κ3) is 10.3. The summed E-state index contributed by atoms with van der Waals surface area (Å²) >= 11 is 5.58. The minimum Gasteiger partial charge on any atom is -0.314 e. The van der Waals surface area contributed by atoms with E-state index in [1.54, 1.807) is 0 Å². The van der Waals surface area contributed by atoms with E-state index >= 15 is 0 Å². The third-order valence-electron chi connectivity index (χ3n) is 1.92. The van der Waals surface area contributed by atoms with Gasteiger partial charge >= 0.3 is 6.36 Å². The summed E-state index contributed by atoms with van der Waals surface area (Å²) in [5.41, 5.74) is -0.0000174. The Labute approximate surface area is 93.1 Å². The van der Waals surface area contributed by atoms with E-state index in [1.165, 1.54) is 0 Å². The van der Waals surface area contributed by atoms with Gasteiger partial charge in [-0.05, 0) is 11.8 Å². The molecule has 0 saturated heterocycles. The lowest BCUT2D eigenvalue weighted by atomic mass is 9.90. The Morgan fingerprint density at radius 1 is 1.27 bits per heavy atom. The highest BCUT2D eigenvalue weighted by Gasteiger charge is 2.28. The van der Waals surface area contributed by atoms with E-state index in [1.807, 2.05) is 13.8 Å². The molecule has 0 aliphatic heterocycles. The molecule has 1 N–H and O–H groups in total. The quantitative estimate of drug-likeness (QED) is 0.552. The molecule has 0 aromatic carbocycles. The molecule has 0 fully saturated rings. The monoisotopic (exact) mass is 247 g/mol. The Kier molecular flexibility index (Phi) is 6.55. The Hall–Kier alpha value is -0.0000000000000000555. The third-order valence-corrected chi connectivity index (χ3v) is 2.11. The molecular weight excluding hydrogens is 231 g/mol. The van der Waals surface area contributed by atoms with Crippen molar-refractivity contribution in [2.45, 2.75) is 26.6 Å². The Balaban J connectivity index is 3.46. The second-order valence-corrected chi connectivity index (χ2v) is 4.45. The molecule has 0 unspecified atom stereocenters. The van der Waals surface area contributed by atoms with Gasteiger partial charge in [0.15, 0.2) is 0 Å². The first kappa shape index (κ1) is 15.0.